The van der Waals surface area contributed by atoms with Crippen LogP contribution in [-0.2, 0) is 9.84 Å². The van der Waals surface area contributed by atoms with E-state index < -0.39 is 36.8 Å². The van der Waals surface area contributed by atoms with Crippen LogP contribution in [0.1, 0.15) is 16.7 Å². The van der Waals surface area contributed by atoms with E-state index >= 15 is 0 Å². The molecule has 0 atom stereocenters. The Morgan fingerprint density at radius 3 is 2.04 bits per heavy atom. The molecule has 124 valence electrons. The van der Waals surface area contributed by atoms with Gasteiger partial charge >= 0.3 is 5.69 Å². The lowest BCUT2D eigenvalue weighted by Crippen LogP contribution is -2.05. The summed E-state index contributed by atoms with van der Waals surface area (Å²) < 4.78 is 25.4. The van der Waals surface area contributed by atoms with E-state index in [1.807, 2.05) is 6.07 Å². The van der Waals surface area contributed by atoms with Crippen molar-refractivity contribution in [2.75, 3.05) is 0 Å². The van der Waals surface area contributed by atoms with Gasteiger partial charge in [0.25, 0.3) is 0 Å². The molecular formula is C15H12N2O6S. The molecule has 2 aromatic rings. The molecule has 0 aromatic heterocycles. The van der Waals surface area contributed by atoms with Crippen molar-refractivity contribution in [3.05, 3.63) is 51.1 Å². The van der Waals surface area contributed by atoms with E-state index in [2.05, 4.69) is 0 Å². The van der Waals surface area contributed by atoms with Gasteiger partial charge in [0.1, 0.15) is 0 Å². The maximum absolute atomic E-state index is 12.7. The number of aromatic hydroxyl groups is 2. The summed E-state index contributed by atoms with van der Waals surface area (Å²) in [5.41, 5.74) is 0.297. The van der Waals surface area contributed by atoms with Gasteiger partial charge in [0, 0.05) is 12.1 Å². The highest BCUT2D eigenvalue weighted by Crippen LogP contribution is 2.39. The molecule has 0 aliphatic rings. The zero-order valence-corrected chi connectivity index (χ0v) is 13.5. The summed E-state index contributed by atoms with van der Waals surface area (Å²) in [7, 11) is -4.19. The lowest BCUT2D eigenvalue weighted by atomic mass is 10.0. The summed E-state index contributed by atoms with van der Waals surface area (Å²) in [6.45, 7) is 3.14. The van der Waals surface area contributed by atoms with Crippen LogP contribution < -0.4 is 0 Å². The Bertz CT molecular complexity index is 982. The Kier molecular flexibility index (Phi) is 4.18. The second kappa shape index (κ2) is 5.82. The first-order chi connectivity index (χ1) is 11.1. The molecule has 0 heterocycles. The van der Waals surface area contributed by atoms with Crippen LogP contribution in [0.4, 0.5) is 5.69 Å². The number of hydrogen-bond donors (Lipinski definition) is 2. The smallest absolute Gasteiger partial charge is 0.315 e. The summed E-state index contributed by atoms with van der Waals surface area (Å²) in [5.74, 6) is -1.92. The molecule has 9 heteroatoms. The number of nitro groups is 1. The molecule has 0 radical (unpaired) electrons. The molecule has 24 heavy (non-hydrogen) atoms. The summed E-state index contributed by atoms with van der Waals surface area (Å²) in [4.78, 5) is 9.18. The number of phenols is 2. The maximum atomic E-state index is 12.7. The molecule has 2 N–H and O–H groups in total. The highest BCUT2D eigenvalue weighted by Gasteiger charge is 2.27. The Labute approximate surface area is 137 Å². The first kappa shape index (κ1) is 17.2. The van der Waals surface area contributed by atoms with Gasteiger partial charge in [-0.3, -0.25) is 10.1 Å². The van der Waals surface area contributed by atoms with Crippen molar-refractivity contribution in [1.29, 1.82) is 5.26 Å². The number of hydrogen-bond acceptors (Lipinski definition) is 7. The van der Waals surface area contributed by atoms with E-state index in [4.69, 9.17) is 5.26 Å². The number of benzene rings is 2. The monoisotopic (exact) mass is 348 g/mol. The average Bonchev–Trinajstić information content (AvgIpc) is 2.48. The number of nitrogens with zero attached hydrogens (tertiary/aromatic N) is 2. The first-order valence-electron chi connectivity index (χ1n) is 6.56. The fourth-order valence-corrected chi connectivity index (χ4v) is 3.73. The SMILES string of the molecule is Cc1cc(S(=O)(=O)c2cc(O)c(O)c([N+](=O)[O-])c2)cc(C)c1C#N. The summed E-state index contributed by atoms with van der Waals surface area (Å²) in [5, 5.41) is 39.0. The largest absolute Gasteiger partial charge is 0.504 e. The lowest BCUT2D eigenvalue weighted by Gasteiger charge is -2.10. The van der Waals surface area contributed by atoms with Gasteiger partial charge in [0.05, 0.1) is 26.3 Å². The van der Waals surface area contributed by atoms with Crippen LogP contribution in [0.15, 0.2) is 34.1 Å². The highest BCUT2D eigenvalue weighted by atomic mass is 32.2. The molecule has 0 amide bonds. The van der Waals surface area contributed by atoms with Gasteiger partial charge in [0.2, 0.25) is 15.6 Å². The number of phenolic OH excluding ortho intramolecular Hbond substituents is 2. The normalized spacial score (nSPS) is 11.0. The molecular weight excluding hydrogens is 336 g/mol. The third-order valence-corrected chi connectivity index (χ3v) is 5.19. The van der Waals surface area contributed by atoms with Crippen LogP contribution >= 0.6 is 0 Å². The zero-order chi connectivity index (χ0) is 18.2. The average molecular weight is 348 g/mol. The Hall–Kier alpha value is -3.12. The molecule has 2 aromatic carbocycles. The molecule has 2 rings (SSSR count). The number of nitriles is 1. The van der Waals surface area contributed by atoms with Gasteiger partial charge in [-0.1, -0.05) is 0 Å². The number of sulfone groups is 1. The van der Waals surface area contributed by atoms with Crippen LogP contribution in [-0.4, -0.2) is 23.6 Å². The molecule has 0 saturated heterocycles. The minimum Gasteiger partial charge on any atom is -0.504 e. The van der Waals surface area contributed by atoms with Crippen molar-refractivity contribution in [3.8, 4) is 17.6 Å². The van der Waals surface area contributed by atoms with E-state index in [0.29, 0.717) is 22.8 Å². The topological polar surface area (TPSA) is 142 Å². The van der Waals surface area contributed by atoms with E-state index in [0.717, 1.165) is 6.07 Å². The third kappa shape index (κ3) is 2.75. The fourth-order valence-electron chi connectivity index (χ4n) is 2.26. The lowest BCUT2D eigenvalue weighted by molar-refractivity contribution is -0.386. The van der Waals surface area contributed by atoms with Gasteiger partial charge in [-0.05, 0) is 37.1 Å². The van der Waals surface area contributed by atoms with Crippen LogP contribution in [0.25, 0.3) is 0 Å². The fraction of sp³-hybridized carbons (Fsp3) is 0.133. The van der Waals surface area contributed by atoms with Gasteiger partial charge in [0.15, 0.2) is 5.75 Å². The molecule has 0 spiro atoms. The van der Waals surface area contributed by atoms with Crippen molar-refractivity contribution >= 4 is 15.5 Å². The van der Waals surface area contributed by atoms with Crippen LogP contribution in [0, 0.1) is 35.3 Å². The molecule has 8 nitrogen and oxygen atoms in total. The molecule has 0 bridgehead atoms. The number of nitro benzene ring substituents is 1. The predicted octanol–water partition coefficient (Wildman–Crippen LogP) is 2.33. The van der Waals surface area contributed by atoms with Crippen molar-refractivity contribution in [2.45, 2.75) is 23.6 Å². The number of aryl methyl sites for hydroxylation is 2. The molecule has 0 aliphatic heterocycles. The second-order valence-corrected chi connectivity index (χ2v) is 7.06. The van der Waals surface area contributed by atoms with E-state index in [1.165, 1.54) is 12.1 Å². The van der Waals surface area contributed by atoms with Crippen LogP contribution in [0.3, 0.4) is 0 Å². The van der Waals surface area contributed by atoms with Crippen molar-refractivity contribution in [3.63, 3.8) is 0 Å². The molecule has 0 saturated carbocycles. The Morgan fingerprint density at radius 2 is 1.58 bits per heavy atom. The zero-order valence-electron chi connectivity index (χ0n) is 12.6. The van der Waals surface area contributed by atoms with Gasteiger partial charge in [-0.2, -0.15) is 5.26 Å². The Balaban J connectivity index is 2.73. The van der Waals surface area contributed by atoms with E-state index in [1.54, 1.807) is 13.8 Å². The summed E-state index contributed by atoms with van der Waals surface area (Å²) in [6.07, 6.45) is 0. The molecule has 0 unspecified atom stereocenters. The summed E-state index contributed by atoms with van der Waals surface area (Å²) in [6, 6.07) is 5.92. The maximum Gasteiger partial charge on any atom is 0.315 e. The first-order valence-corrected chi connectivity index (χ1v) is 8.04. The predicted molar refractivity (Wildman–Crippen MR) is 82.5 cm³/mol. The van der Waals surface area contributed by atoms with E-state index in [-0.39, 0.29) is 4.90 Å². The number of rotatable bonds is 3. The molecule has 0 fully saturated rings. The highest BCUT2D eigenvalue weighted by molar-refractivity contribution is 7.91. The third-order valence-electron chi connectivity index (χ3n) is 3.48. The second-order valence-electron chi connectivity index (χ2n) is 5.11. The van der Waals surface area contributed by atoms with Crippen LogP contribution in [0.2, 0.25) is 0 Å². The Morgan fingerprint density at radius 1 is 1.08 bits per heavy atom. The van der Waals surface area contributed by atoms with Gasteiger partial charge in [-0.15, -0.1) is 0 Å². The van der Waals surface area contributed by atoms with E-state index in [9.17, 15) is 28.7 Å². The van der Waals surface area contributed by atoms with Crippen LogP contribution in [0.5, 0.6) is 11.5 Å². The minimum atomic E-state index is -4.19. The van der Waals surface area contributed by atoms with Gasteiger partial charge in [-0.25, -0.2) is 8.42 Å². The van der Waals surface area contributed by atoms with Crippen molar-refractivity contribution in [2.24, 2.45) is 0 Å². The summed E-state index contributed by atoms with van der Waals surface area (Å²) >= 11 is 0. The quantitative estimate of drug-likeness (QED) is 0.492. The minimum absolute atomic E-state index is 0.170. The van der Waals surface area contributed by atoms with Crippen molar-refractivity contribution < 1.29 is 23.6 Å². The van der Waals surface area contributed by atoms with Crippen molar-refractivity contribution in [1.82, 2.24) is 0 Å². The standard InChI is InChI=1S/C15H12N2O6S/c1-8-3-10(4-9(2)12(8)7-16)24(22,23)11-5-13(17(20)21)15(19)14(18)6-11/h3-6,18-19H,1-2H3. The van der Waals surface area contributed by atoms with Gasteiger partial charge < -0.3 is 10.2 Å². The molecule has 0 aliphatic carbocycles.